The number of nitrogens with one attached hydrogen (secondary N) is 3. The quantitative estimate of drug-likeness (QED) is 0.206. The molecular weight excluding hydrogens is 566 g/mol. The molecule has 2 aliphatic heterocycles. The van der Waals surface area contributed by atoms with Crippen molar-refractivity contribution in [1.29, 1.82) is 5.26 Å². The molecule has 6 bridgehead atoms. The summed E-state index contributed by atoms with van der Waals surface area (Å²) < 4.78 is 2.29. The van der Waals surface area contributed by atoms with Gasteiger partial charge in [0.25, 0.3) is 0 Å². The SMILES string of the molecule is N#Cc1ccccc1SN1CCC(CC(=O)Nc2ccc3cc2CCc2cccc(c2)Nc2ncc(Cl)c(n2)N3)CC1. The van der Waals surface area contributed by atoms with E-state index in [1.165, 1.54) is 5.56 Å². The largest absolute Gasteiger partial charge is 0.339 e. The molecule has 0 spiro atoms. The summed E-state index contributed by atoms with van der Waals surface area (Å²) in [6, 6.07) is 24.1. The molecule has 2 aliphatic rings. The van der Waals surface area contributed by atoms with Gasteiger partial charge in [0.05, 0.1) is 11.8 Å². The van der Waals surface area contributed by atoms with E-state index in [-0.39, 0.29) is 5.91 Å². The van der Waals surface area contributed by atoms with E-state index in [0.29, 0.717) is 34.7 Å². The van der Waals surface area contributed by atoms with Crippen LogP contribution in [0.1, 0.15) is 36.0 Å². The number of carbonyl (C=O) groups excluding carboxylic acids is 1. The van der Waals surface area contributed by atoms with Crippen LogP contribution in [0, 0.1) is 17.2 Å². The molecule has 0 saturated carbocycles. The van der Waals surface area contributed by atoms with Crippen LogP contribution in [-0.2, 0) is 17.6 Å². The van der Waals surface area contributed by atoms with Gasteiger partial charge in [0.2, 0.25) is 11.9 Å². The van der Waals surface area contributed by atoms with Crippen molar-refractivity contribution in [3.05, 3.63) is 94.6 Å². The van der Waals surface area contributed by atoms with Gasteiger partial charge in [0.15, 0.2) is 5.82 Å². The number of nitrogens with zero attached hydrogens (tertiary/aromatic N) is 4. The van der Waals surface area contributed by atoms with Gasteiger partial charge in [-0.25, -0.2) is 9.29 Å². The van der Waals surface area contributed by atoms with Crippen LogP contribution in [-0.4, -0.2) is 33.3 Å². The lowest BCUT2D eigenvalue weighted by atomic mass is 9.94. The van der Waals surface area contributed by atoms with Gasteiger partial charge in [-0.15, -0.1) is 0 Å². The highest BCUT2D eigenvalue weighted by molar-refractivity contribution is 7.97. The molecule has 3 aromatic carbocycles. The summed E-state index contributed by atoms with van der Waals surface area (Å²) in [6.07, 6.45) is 5.51. The van der Waals surface area contributed by atoms with Gasteiger partial charge in [-0.05, 0) is 97.1 Å². The third-order valence-corrected chi connectivity index (χ3v) is 8.99. The summed E-state index contributed by atoms with van der Waals surface area (Å²) in [4.78, 5) is 23.1. The molecule has 0 atom stereocenters. The topological polar surface area (TPSA) is 106 Å². The van der Waals surface area contributed by atoms with Gasteiger partial charge in [-0.1, -0.05) is 35.9 Å². The molecule has 1 amide bonds. The number of nitriles is 1. The lowest BCUT2D eigenvalue weighted by Crippen LogP contribution is -2.30. The van der Waals surface area contributed by atoms with Crippen molar-refractivity contribution in [2.75, 3.05) is 29.0 Å². The molecule has 6 rings (SSSR count). The number of anilines is 5. The lowest BCUT2D eigenvalue weighted by Gasteiger charge is -2.30. The zero-order valence-corrected chi connectivity index (χ0v) is 24.5. The first-order valence-electron chi connectivity index (χ1n) is 14.0. The average molecular weight is 596 g/mol. The molecule has 4 aromatic rings. The molecule has 0 radical (unpaired) electrons. The number of amides is 1. The van der Waals surface area contributed by atoms with E-state index in [4.69, 9.17) is 11.6 Å². The smallest absolute Gasteiger partial charge is 0.229 e. The number of rotatable bonds is 5. The Labute approximate surface area is 254 Å². The van der Waals surface area contributed by atoms with Crippen LogP contribution in [0.5, 0.6) is 0 Å². The number of halogens is 1. The van der Waals surface area contributed by atoms with Crippen LogP contribution in [0.3, 0.4) is 0 Å². The van der Waals surface area contributed by atoms with Crippen LogP contribution >= 0.6 is 23.5 Å². The average Bonchev–Trinajstić information content (AvgIpc) is 3.00. The van der Waals surface area contributed by atoms with E-state index in [1.807, 2.05) is 48.5 Å². The number of benzene rings is 3. The Kier molecular flexibility index (Phi) is 8.56. The number of carbonyl (C=O) groups is 1. The fourth-order valence-electron chi connectivity index (χ4n) is 5.31. The molecular formula is C32H30ClN7OS. The number of hydrogen-bond donors (Lipinski definition) is 3. The van der Waals surface area contributed by atoms with E-state index in [9.17, 15) is 10.1 Å². The first-order chi connectivity index (χ1) is 20.5. The van der Waals surface area contributed by atoms with E-state index >= 15 is 0 Å². The maximum atomic E-state index is 13.2. The summed E-state index contributed by atoms with van der Waals surface area (Å²) >= 11 is 8.04. The second kappa shape index (κ2) is 12.8. The number of aromatic nitrogens is 2. The third-order valence-electron chi connectivity index (χ3n) is 7.53. The third kappa shape index (κ3) is 6.85. The zero-order valence-electron chi connectivity index (χ0n) is 22.9. The Morgan fingerprint density at radius 3 is 2.74 bits per heavy atom. The Balaban J connectivity index is 1.12. The van der Waals surface area contributed by atoms with Crippen molar-refractivity contribution < 1.29 is 4.79 Å². The van der Waals surface area contributed by atoms with E-state index < -0.39 is 0 Å². The van der Waals surface area contributed by atoms with Crippen molar-refractivity contribution in [3.8, 4) is 6.07 Å². The first kappa shape index (κ1) is 28.0. The van der Waals surface area contributed by atoms with Gasteiger partial charge < -0.3 is 16.0 Å². The summed E-state index contributed by atoms with van der Waals surface area (Å²) in [5, 5.41) is 19.6. The number of piperidine rings is 1. The molecule has 1 saturated heterocycles. The Hall–Kier alpha value is -4.10. The second-order valence-electron chi connectivity index (χ2n) is 10.5. The molecule has 3 heterocycles. The molecule has 1 aromatic heterocycles. The standard InChI is InChI=1S/C32H30ClN7OS/c33-27-20-35-32-37-25-6-3-4-21(16-25)8-9-23-18-26(36-31(27)39-32)10-11-28(23)38-30(41)17-22-12-14-40(15-13-22)42-29-7-2-1-5-24(29)19-34/h1-7,10-11,16,18,20,22H,8-9,12-15,17H2,(H,38,41)(H2,35,36,37,39). The van der Waals surface area contributed by atoms with Crippen molar-refractivity contribution in [2.45, 2.75) is 37.0 Å². The van der Waals surface area contributed by atoms with Gasteiger partial charge in [-0.3, -0.25) is 4.79 Å². The molecule has 3 N–H and O–H groups in total. The minimum atomic E-state index is 0.0329. The van der Waals surface area contributed by atoms with Gasteiger partial charge in [0.1, 0.15) is 11.1 Å². The Morgan fingerprint density at radius 1 is 1.05 bits per heavy atom. The highest BCUT2D eigenvalue weighted by Crippen LogP contribution is 2.33. The highest BCUT2D eigenvalue weighted by Gasteiger charge is 2.23. The van der Waals surface area contributed by atoms with E-state index in [0.717, 1.165) is 66.3 Å². The van der Waals surface area contributed by atoms with Crippen molar-refractivity contribution in [2.24, 2.45) is 5.92 Å². The number of aryl methyl sites for hydroxylation is 2. The first-order valence-corrected chi connectivity index (χ1v) is 15.2. The molecule has 1 fully saturated rings. The summed E-state index contributed by atoms with van der Waals surface area (Å²) in [5.41, 5.74) is 5.47. The molecule has 0 unspecified atom stereocenters. The Morgan fingerprint density at radius 2 is 1.88 bits per heavy atom. The second-order valence-corrected chi connectivity index (χ2v) is 12.1. The van der Waals surface area contributed by atoms with Crippen LogP contribution in [0.25, 0.3) is 0 Å². The minimum Gasteiger partial charge on any atom is -0.339 e. The van der Waals surface area contributed by atoms with Crippen LogP contribution in [0.15, 0.2) is 77.8 Å². The summed E-state index contributed by atoms with van der Waals surface area (Å²) in [7, 11) is 0. The van der Waals surface area contributed by atoms with Crippen LogP contribution in [0.4, 0.5) is 28.8 Å². The van der Waals surface area contributed by atoms with E-state index in [2.05, 4.69) is 54.5 Å². The van der Waals surface area contributed by atoms with Gasteiger partial charge in [-0.2, -0.15) is 10.2 Å². The lowest BCUT2D eigenvalue weighted by molar-refractivity contribution is -0.117. The predicted molar refractivity (Wildman–Crippen MR) is 168 cm³/mol. The monoisotopic (exact) mass is 595 g/mol. The zero-order chi connectivity index (χ0) is 28.9. The van der Waals surface area contributed by atoms with Crippen LogP contribution < -0.4 is 16.0 Å². The van der Waals surface area contributed by atoms with Crippen LogP contribution in [0.2, 0.25) is 5.02 Å². The maximum absolute atomic E-state index is 13.2. The summed E-state index contributed by atoms with van der Waals surface area (Å²) in [6.45, 7) is 1.77. The fraction of sp³-hybridized carbons (Fsp3) is 0.250. The molecule has 8 nitrogen and oxygen atoms in total. The molecule has 212 valence electrons. The molecule has 42 heavy (non-hydrogen) atoms. The number of hydrogen-bond acceptors (Lipinski definition) is 8. The highest BCUT2D eigenvalue weighted by atomic mass is 35.5. The fourth-order valence-corrected chi connectivity index (χ4v) is 6.47. The number of fused-ring (bicyclic) bond motifs is 6. The minimum absolute atomic E-state index is 0.0329. The van der Waals surface area contributed by atoms with Gasteiger partial charge >= 0.3 is 0 Å². The van der Waals surface area contributed by atoms with Crippen molar-refractivity contribution >= 4 is 58.3 Å². The van der Waals surface area contributed by atoms with Crippen molar-refractivity contribution in [3.63, 3.8) is 0 Å². The normalized spacial score (nSPS) is 15.1. The Bertz CT molecular complexity index is 1650. The van der Waals surface area contributed by atoms with Gasteiger partial charge in [0, 0.05) is 41.5 Å². The maximum Gasteiger partial charge on any atom is 0.229 e. The molecule has 0 aliphatic carbocycles. The summed E-state index contributed by atoms with van der Waals surface area (Å²) in [5.74, 6) is 1.32. The predicted octanol–water partition coefficient (Wildman–Crippen LogP) is 7.34. The van der Waals surface area contributed by atoms with E-state index in [1.54, 1.807) is 18.1 Å². The van der Waals surface area contributed by atoms with Crippen molar-refractivity contribution in [1.82, 2.24) is 14.3 Å². The molecule has 10 heteroatoms.